The predicted molar refractivity (Wildman–Crippen MR) is 119 cm³/mol. The maximum Gasteiger partial charge on any atom is 0.212 e. The molecule has 142 valence electrons. The first-order valence-electron chi connectivity index (χ1n) is 8.69. The number of methoxy groups -OCH3 is 1. The van der Waals surface area contributed by atoms with E-state index in [1.165, 1.54) is 16.7 Å². The van der Waals surface area contributed by atoms with Gasteiger partial charge in [-0.15, -0.1) is 24.0 Å². The van der Waals surface area contributed by atoms with Gasteiger partial charge in [-0.25, -0.2) is 9.98 Å². The summed E-state index contributed by atoms with van der Waals surface area (Å²) in [7, 11) is 1.61. The van der Waals surface area contributed by atoms with Crippen molar-refractivity contribution in [1.82, 2.24) is 15.6 Å². The number of aromatic nitrogens is 1. The van der Waals surface area contributed by atoms with Gasteiger partial charge in [0.15, 0.2) is 5.96 Å². The Balaban J connectivity index is 0.00000338. The Kier molecular flexibility index (Phi) is 10.0. The normalized spacial score (nSPS) is 10.8. The lowest BCUT2D eigenvalue weighted by molar-refractivity contribution is 0.397. The Morgan fingerprint density at radius 2 is 1.81 bits per heavy atom. The van der Waals surface area contributed by atoms with Crippen molar-refractivity contribution < 1.29 is 4.74 Å². The summed E-state index contributed by atoms with van der Waals surface area (Å²) in [6.45, 7) is 8.59. The van der Waals surface area contributed by atoms with Crippen molar-refractivity contribution in [3.63, 3.8) is 0 Å². The van der Waals surface area contributed by atoms with Crippen LogP contribution in [0.1, 0.15) is 29.2 Å². The molecule has 1 aromatic carbocycles. The van der Waals surface area contributed by atoms with E-state index in [1.54, 1.807) is 13.3 Å². The number of rotatable bonds is 7. The van der Waals surface area contributed by atoms with Crippen molar-refractivity contribution in [2.24, 2.45) is 4.99 Å². The Morgan fingerprint density at radius 3 is 2.38 bits per heavy atom. The molecule has 1 heterocycles. The summed E-state index contributed by atoms with van der Waals surface area (Å²) >= 11 is 0. The van der Waals surface area contributed by atoms with E-state index < -0.39 is 0 Å². The fourth-order valence-corrected chi connectivity index (χ4v) is 2.68. The van der Waals surface area contributed by atoms with Crippen LogP contribution in [0.15, 0.2) is 41.5 Å². The van der Waals surface area contributed by atoms with Gasteiger partial charge in [-0.05, 0) is 38.3 Å². The molecule has 2 aromatic rings. The molecule has 0 bridgehead atoms. The van der Waals surface area contributed by atoms with Gasteiger partial charge >= 0.3 is 0 Å². The zero-order valence-corrected chi connectivity index (χ0v) is 18.3. The van der Waals surface area contributed by atoms with Crippen molar-refractivity contribution in [3.8, 4) is 5.88 Å². The topological polar surface area (TPSA) is 58.5 Å². The molecular formula is C20H29IN4O. The van der Waals surface area contributed by atoms with Gasteiger partial charge in [0.25, 0.3) is 0 Å². The number of halogens is 1. The van der Waals surface area contributed by atoms with Gasteiger partial charge in [0.1, 0.15) is 0 Å². The zero-order valence-electron chi connectivity index (χ0n) is 16.0. The summed E-state index contributed by atoms with van der Waals surface area (Å²) in [5.74, 6) is 1.44. The third kappa shape index (κ3) is 7.59. The second kappa shape index (κ2) is 11.7. The van der Waals surface area contributed by atoms with Gasteiger partial charge < -0.3 is 15.4 Å². The quantitative estimate of drug-likeness (QED) is 0.370. The van der Waals surface area contributed by atoms with Crippen LogP contribution in [-0.4, -0.2) is 31.1 Å². The molecule has 1 aromatic heterocycles. The molecule has 2 N–H and O–H groups in total. The fraction of sp³-hybridized carbons (Fsp3) is 0.400. The Bertz CT molecular complexity index is 681. The monoisotopic (exact) mass is 468 g/mol. The summed E-state index contributed by atoms with van der Waals surface area (Å²) in [4.78, 5) is 8.83. The number of nitrogens with zero attached hydrogens (tertiary/aromatic N) is 2. The SMILES string of the molecule is CCNC(=NCc1ccc(OC)nc1)NCCc1cc(C)cc(C)c1.I. The van der Waals surface area contributed by atoms with Gasteiger partial charge in [-0.2, -0.15) is 0 Å². The number of hydrogen-bond acceptors (Lipinski definition) is 3. The summed E-state index contributed by atoms with van der Waals surface area (Å²) < 4.78 is 5.07. The van der Waals surface area contributed by atoms with Crippen LogP contribution < -0.4 is 15.4 Å². The summed E-state index contributed by atoms with van der Waals surface area (Å²) in [5, 5.41) is 6.67. The van der Waals surface area contributed by atoms with E-state index in [-0.39, 0.29) is 24.0 Å². The van der Waals surface area contributed by atoms with Crippen molar-refractivity contribution in [2.75, 3.05) is 20.2 Å². The van der Waals surface area contributed by atoms with Crippen molar-refractivity contribution >= 4 is 29.9 Å². The highest BCUT2D eigenvalue weighted by atomic mass is 127. The molecule has 0 amide bonds. The second-order valence-electron chi connectivity index (χ2n) is 6.08. The molecule has 0 spiro atoms. The van der Waals surface area contributed by atoms with Crippen LogP contribution in [0.3, 0.4) is 0 Å². The van der Waals surface area contributed by atoms with E-state index in [9.17, 15) is 0 Å². The van der Waals surface area contributed by atoms with Gasteiger partial charge in [0.05, 0.1) is 13.7 Å². The van der Waals surface area contributed by atoms with Crippen LogP contribution in [0.25, 0.3) is 0 Å². The van der Waals surface area contributed by atoms with Crippen molar-refractivity contribution in [3.05, 3.63) is 58.8 Å². The Morgan fingerprint density at radius 1 is 1.08 bits per heavy atom. The molecule has 26 heavy (non-hydrogen) atoms. The first-order valence-corrected chi connectivity index (χ1v) is 8.69. The van der Waals surface area contributed by atoms with Crippen LogP contribution in [0.2, 0.25) is 0 Å². The highest BCUT2D eigenvalue weighted by Crippen LogP contribution is 2.09. The minimum absolute atomic E-state index is 0. The maximum atomic E-state index is 5.07. The molecule has 2 rings (SSSR count). The standard InChI is InChI=1S/C20H28N4O.HI/c1-5-21-20(24-14-18-6-7-19(25-4)23-13-18)22-9-8-17-11-15(2)10-16(3)12-17;/h6-7,10-13H,5,8-9,14H2,1-4H3,(H2,21,22,24);1H. The zero-order chi connectivity index (χ0) is 18.1. The Labute approximate surface area is 173 Å². The van der Waals surface area contributed by atoms with Crippen molar-refractivity contribution in [1.29, 1.82) is 0 Å². The van der Waals surface area contributed by atoms with E-state index in [0.717, 1.165) is 31.0 Å². The lowest BCUT2D eigenvalue weighted by Gasteiger charge is -2.12. The lowest BCUT2D eigenvalue weighted by Crippen LogP contribution is -2.38. The van der Waals surface area contributed by atoms with Crippen molar-refractivity contribution in [2.45, 2.75) is 33.7 Å². The Hall–Kier alpha value is -1.83. The highest BCUT2D eigenvalue weighted by Gasteiger charge is 2.00. The van der Waals surface area contributed by atoms with E-state index in [1.807, 2.05) is 12.1 Å². The predicted octanol–water partition coefficient (Wildman–Crippen LogP) is 3.62. The second-order valence-corrected chi connectivity index (χ2v) is 6.08. The number of aryl methyl sites for hydroxylation is 2. The number of ether oxygens (including phenoxy) is 1. The van der Waals surface area contributed by atoms with Gasteiger partial charge in [-0.3, -0.25) is 0 Å². The van der Waals surface area contributed by atoms with Crippen LogP contribution in [-0.2, 0) is 13.0 Å². The average Bonchev–Trinajstić information content (AvgIpc) is 2.59. The molecule has 0 fully saturated rings. The summed E-state index contributed by atoms with van der Waals surface area (Å²) in [5.41, 5.74) is 5.01. The molecule has 0 atom stereocenters. The number of nitrogens with one attached hydrogen (secondary N) is 2. The molecule has 0 aliphatic heterocycles. The first-order chi connectivity index (χ1) is 12.1. The maximum absolute atomic E-state index is 5.07. The number of benzene rings is 1. The van der Waals surface area contributed by atoms with Crippen LogP contribution in [0.5, 0.6) is 5.88 Å². The van der Waals surface area contributed by atoms with Crippen LogP contribution in [0, 0.1) is 13.8 Å². The third-order valence-electron chi connectivity index (χ3n) is 3.76. The molecule has 0 aliphatic carbocycles. The molecule has 5 nitrogen and oxygen atoms in total. The third-order valence-corrected chi connectivity index (χ3v) is 3.76. The van der Waals surface area contributed by atoms with Gasteiger partial charge in [-0.1, -0.05) is 35.4 Å². The highest BCUT2D eigenvalue weighted by molar-refractivity contribution is 14.0. The van der Waals surface area contributed by atoms with E-state index in [0.29, 0.717) is 12.4 Å². The molecular weight excluding hydrogens is 439 g/mol. The molecule has 0 radical (unpaired) electrons. The summed E-state index contributed by atoms with van der Waals surface area (Å²) in [6.07, 6.45) is 2.76. The van der Waals surface area contributed by atoms with Crippen LogP contribution in [0.4, 0.5) is 0 Å². The number of aliphatic imine (C=N–C) groups is 1. The molecule has 0 saturated heterocycles. The molecule has 0 unspecified atom stereocenters. The molecule has 0 saturated carbocycles. The minimum atomic E-state index is 0. The van der Waals surface area contributed by atoms with Crippen LogP contribution >= 0.6 is 24.0 Å². The van der Waals surface area contributed by atoms with E-state index in [4.69, 9.17) is 4.74 Å². The largest absolute Gasteiger partial charge is 0.481 e. The minimum Gasteiger partial charge on any atom is -0.481 e. The summed E-state index contributed by atoms with van der Waals surface area (Å²) in [6, 6.07) is 10.5. The fourth-order valence-electron chi connectivity index (χ4n) is 2.68. The van der Waals surface area contributed by atoms with E-state index >= 15 is 0 Å². The smallest absolute Gasteiger partial charge is 0.212 e. The number of hydrogen-bond donors (Lipinski definition) is 2. The van der Waals surface area contributed by atoms with E-state index in [2.05, 4.69) is 59.6 Å². The van der Waals surface area contributed by atoms with Gasteiger partial charge in [0.2, 0.25) is 5.88 Å². The molecule has 6 heteroatoms. The number of pyridine rings is 1. The molecule has 0 aliphatic rings. The lowest BCUT2D eigenvalue weighted by atomic mass is 10.1. The van der Waals surface area contributed by atoms with Gasteiger partial charge in [0, 0.05) is 25.4 Å². The average molecular weight is 468 g/mol. The first kappa shape index (κ1) is 22.2. The number of guanidine groups is 1.